The summed E-state index contributed by atoms with van der Waals surface area (Å²) in [6, 6.07) is 0. The van der Waals surface area contributed by atoms with Crippen molar-refractivity contribution < 1.29 is 31.0 Å². The number of hydrogen-bond acceptors (Lipinski definition) is 0. The monoisotopic (exact) mass is 138 g/mol. The van der Waals surface area contributed by atoms with Crippen LogP contribution in [-0.4, -0.2) is 0 Å². The first-order valence-electron chi connectivity index (χ1n) is 3.56. The molecule has 0 aliphatic carbocycles. The van der Waals surface area contributed by atoms with Gasteiger partial charge in [-0.3, -0.25) is 0 Å². The van der Waals surface area contributed by atoms with E-state index in [2.05, 4.69) is 27.7 Å². The molecule has 0 saturated carbocycles. The van der Waals surface area contributed by atoms with Crippen molar-refractivity contribution in [1.82, 2.24) is 0 Å². The summed E-state index contributed by atoms with van der Waals surface area (Å²) in [5, 5.41) is 0. The summed E-state index contributed by atoms with van der Waals surface area (Å²) in [5.74, 6) is 0. The molecule has 0 aromatic rings. The van der Waals surface area contributed by atoms with Crippen LogP contribution in [0.2, 0.25) is 0 Å². The Hall–Kier alpha value is 1.00. The molecule has 0 radical (unpaired) electrons. The number of rotatable bonds is 2. The second kappa shape index (κ2) is 5.76. The van der Waals surface area contributed by atoms with Gasteiger partial charge in [0.05, 0.1) is 0 Å². The van der Waals surface area contributed by atoms with Crippen molar-refractivity contribution in [3.8, 4) is 0 Å². The quantitative estimate of drug-likeness (QED) is 0.483. The van der Waals surface area contributed by atoms with Crippen LogP contribution in [0.5, 0.6) is 0 Å². The standard InChI is InChI=1S/C8H18.Na.H/c1-5-6-7-8(2,3)4;;/h5-7H2,1-4H3;;/q;+1;-1. The minimum absolute atomic E-state index is 0. The van der Waals surface area contributed by atoms with Gasteiger partial charge in [0.15, 0.2) is 0 Å². The molecule has 0 fully saturated rings. The molecule has 0 unspecified atom stereocenters. The van der Waals surface area contributed by atoms with Gasteiger partial charge in [0.2, 0.25) is 0 Å². The van der Waals surface area contributed by atoms with Crippen molar-refractivity contribution in [2.24, 2.45) is 5.41 Å². The average Bonchev–Trinajstić information content (AvgIpc) is 1.59. The molecule has 1 heteroatoms. The largest absolute Gasteiger partial charge is 1.00 e. The summed E-state index contributed by atoms with van der Waals surface area (Å²) in [6.45, 7) is 9.12. The topological polar surface area (TPSA) is 0 Å². The number of hydrogen-bond donors (Lipinski definition) is 0. The Bertz CT molecular complexity index is 56.8. The van der Waals surface area contributed by atoms with E-state index in [9.17, 15) is 0 Å². The fourth-order valence-electron chi connectivity index (χ4n) is 0.707. The van der Waals surface area contributed by atoms with Gasteiger partial charge in [-0.2, -0.15) is 0 Å². The van der Waals surface area contributed by atoms with Crippen molar-refractivity contribution in [2.45, 2.75) is 47.0 Å². The van der Waals surface area contributed by atoms with Gasteiger partial charge in [0.1, 0.15) is 0 Å². The van der Waals surface area contributed by atoms with Crippen LogP contribution in [0.1, 0.15) is 48.4 Å². The molecule has 0 aliphatic rings. The summed E-state index contributed by atoms with van der Waals surface area (Å²) >= 11 is 0. The van der Waals surface area contributed by atoms with Crippen LogP contribution >= 0.6 is 0 Å². The molecule has 0 aromatic carbocycles. The molecule has 0 amide bonds. The van der Waals surface area contributed by atoms with Crippen LogP contribution in [-0.2, 0) is 0 Å². The summed E-state index contributed by atoms with van der Waals surface area (Å²) < 4.78 is 0. The second-order valence-electron chi connectivity index (χ2n) is 3.66. The summed E-state index contributed by atoms with van der Waals surface area (Å²) in [5.41, 5.74) is 0.552. The summed E-state index contributed by atoms with van der Waals surface area (Å²) in [6.07, 6.45) is 4.07. The van der Waals surface area contributed by atoms with E-state index in [1.54, 1.807) is 0 Å². The van der Waals surface area contributed by atoms with Gasteiger partial charge in [-0.05, 0) is 11.8 Å². The third-order valence-electron chi connectivity index (χ3n) is 1.28. The fraction of sp³-hybridized carbons (Fsp3) is 1.00. The molecule has 0 bridgehead atoms. The van der Waals surface area contributed by atoms with Gasteiger partial charge in [-0.1, -0.05) is 40.5 Å². The number of unbranched alkanes of at least 4 members (excludes halogenated alkanes) is 1. The molecule has 0 heterocycles. The zero-order valence-electron chi connectivity index (χ0n) is 8.62. The fourth-order valence-corrected chi connectivity index (χ4v) is 0.707. The Balaban J connectivity index is -0.000000245. The molecule has 9 heavy (non-hydrogen) atoms. The van der Waals surface area contributed by atoms with E-state index in [-0.39, 0.29) is 31.0 Å². The van der Waals surface area contributed by atoms with Gasteiger partial charge in [-0.15, -0.1) is 0 Å². The molecular weight excluding hydrogens is 119 g/mol. The van der Waals surface area contributed by atoms with Crippen molar-refractivity contribution in [1.29, 1.82) is 0 Å². The first-order chi connectivity index (χ1) is 3.56. The van der Waals surface area contributed by atoms with Crippen LogP contribution in [0.25, 0.3) is 0 Å². The predicted molar refractivity (Wildman–Crippen MR) is 40.1 cm³/mol. The van der Waals surface area contributed by atoms with E-state index in [0.29, 0.717) is 5.41 Å². The van der Waals surface area contributed by atoms with Crippen molar-refractivity contribution in [3.63, 3.8) is 0 Å². The molecule has 0 saturated heterocycles. The van der Waals surface area contributed by atoms with E-state index >= 15 is 0 Å². The van der Waals surface area contributed by atoms with Gasteiger partial charge in [0, 0.05) is 0 Å². The maximum atomic E-state index is 2.29. The third-order valence-corrected chi connectivity index (χ3v) is 1.28. The van der Waals surface area contributed by atoms with Crippen LogP contribution in [0.4, 0.5) is 0 Å². The third kappa shape index (κ3) is 12.2. The van der Waals surface area contributed by atoms with Crippen LogP contribution in [0, 0.1) is 5.41 Å². The minimum Gasteiger partial charge on any atom is -1.00 e. The molecule has 0 spiro atoms. The Labute approximate surface area is 83.2 Å². The van der Waals surface area contributed by atoms with Crippen molar-refractivity contribution >= 4 is 0 Å². The van der Waals surface area contributed by atoms with Crippen LogP contribution in [0.3, 0.4) is 0 Å². The van der Waals surface area contributed by atoms with Gasteiger partial charge in [0.25, 0.3) is 0 Å². The zero-order valence-corrected chi connectivity index (χ0v) is 9.62. The predicted octanol–water partition coefficient (Wildman–Crippen LogP) is 0.339. The molecular formula is C8H19Na. The molecule has 0 aliphatic heterocycles. The Kier molecular flexibility index (Phi) is 8.10. The summed E-state index contributed by atoms with van der Waals surface area (Å²) in [7, 11) is 0. The summed E-state index contributed by atoms with van der Waals surface area (Å²) in [4.78, 5) is 0. The Morgan fingerprint density at radius 1 is 1.22 bits per heavy atom. The molecule has 0 rings (SSSR count). The second-order valence-corrected chi connectivity index (χ2v) is 3.66. The molecule has 0 N–H and O–H groups in total. The van der Waals surface area contributed by atoms with E-state index < -0.39 is 0 Å². The first-order valence-corrected chi connectivity index (χ1v) is 3.56. The Morgan fingerprint density at radius 3 is 1.78 bits per heavy atom. The van der Waals surface area contributed by atoms with Crippen molar-refractivity contribution in [2.75, 3.05) is 0 Å². The molecule has 0 nitrogen and oxygen atoms in total. The first kappa shape index (κ1) is 12.7. The van der Waals surface area contributed by atoms with Crippen LogP contribution < -0.4 is 29.6 Å². The van der Waals surface area contributed by atoms with Crippen LogP contribution in [0.15, 0.2) is 0 Å². The van der Waals surface area contributed by atoms with E-state index in [1.807, 2.05) is 0 Å². The molecule has 0 aromatic heterocycles. The van der Waals surface area contributed by atoms with Crippen molar-refractivity contribution in [3.05, 3.63) is 0 Å². The molecule has 52 valence electrons. The maximum absolute atomic E-state index is 2.29. The van der Waals surface area contributed by atoms with Gasteiger partial charge < -0.3 is 1.43 Å². The average molecular weight is 138 g/mol. The van der Waals surface area contributed by atoms with E-state index in [1.165, 1.54) is 19.3 Å². The molecule has 0 atom stereocenters. The van der Waals surface area contributed by atoms with Gasteiger partial charge in [-0.25, -0.2) is 0 Å². The normalized spacial score (nSPS) is 10.7. The van der Waals surface area contributed by atoms with Gasteiger partial charge >= 0.3 is 29.6 Å². The SMILES string of the molecule is CCCCC(C)(C)C.[H-].[Na+]. The van der Waals surface area contributed by atoms with E-state index in [0.717, 1.165) is 0 Å². The smallest absolute Gasteiger partial charge is 1.00 e. The minimum atomic E-state index is 0. The Morgan fingerprint density at radius 2 is 1.67 bits per heavy atom. The zero-order chi connectivity index (χ0) is 6.62. The van der Waals surface area contributed by atoms with E-state index in [4.69, 9.17) is 0 Å². The maximum Gasteiger partial charge on any atom is 1.00 e.